The fourth-order valence-electron chi connectivity index (χ4n) is 1.72. The molecular weight excluding hydrogens is 280 g/mol. The summed E-state index contributed by atoms with van der Waals surface area (Å²) in [7, 11) is -2.14. The maximum atomic E-state index is 11.5. The highest BCUT2D eigenvalue weighted by atomic mass is 32.2. The van der Waals surface area contributed by atoms with E-state index in [9.17, 15) is 8.42 Å². The Bertz CT molecular complexity index is 619. The Morgan fingerprint density at radius 2 is 2.25 bits per heavy atom. The van der Waals surface area contributed by atoms with Crippen LogP contribution in [0.3, 0.4) is 0 Å². The molecule has 2 aromatic heterocycles. The normalized spacial score (nSPS) is 11.8. The molecule has 0 aromatic carbocycles. The molecule has 8 heteroatoms. The van der Waals surface area contributed by atoms with Crippen LogP contribution in [0.2, 0.25) is 0 Å². The van der Waals surface area contributed by atoms with Crippen molar-refractivity contribution >= 4 is 10.0 Å². The lowest BCUT2D eigenvalue weighted by molar-refractivity contribution is 0.399. The Balaban J connectivity index is 1.72. The summed E-state index contributed by atoms with van der Waals surface area (Å²) < 4.78 is 32.5. The summed E-state index contributed by atoms with van der Waals surface area (Å²) in [6.07, 6.45) is 6.40. The molecule has 0 saturated heterocycles. The Morgan fingerprint density at radius 1 is 1.40 bits per heavy atom. The van der Waals surface area contributed by atoms with E-state index in [0.717, 1.165) is 19.5 Å². The molecule has 0 spiro atoms. The van der Waals surface area contributed by atoms with Gasteiger partial charge in [0.1, 0.15) is 5.76 Å². The lowest BCUT2D eigenvalue weighted by atomic mass is 10.4. The lowest BCUT2D eigenvalue weighted by Crippen LogP contribution is -2.18. The molecule has 0 fully saturated rings. The van der Waals surface area contributed by atoms with Crippen molar-refractivity contribution in [3.05, 3.63) is 36.6 Å². The third kappa shape index (κ3) is 3.92. The van der Waals surface area contributed by atoms with Crippen LogP contribution in [0.15, 0.2) is 40.4 Å². The minimum atomic E-state index is -3.50. The third-order valence-electron chi connectivity index (χ3n) is 2.80. The number of aromatic nitrogens is 2. The van der Waals surface area contributed by atoms with Gasteiger partial charge in [-0.1, -0.05) is 0 Å². The summed E-state index contributed by atoms with van der Waals surface area (Å²) in [6.45, 7) is 2.21. The van der Waals surface area contributed by atoms with Gasteiger partial charge >= 0.3 is 0 Å². The van der Waals surface area contributed by atoms with Crippen molar-refractivity contribution in [3.63, 3.8) is 0 Å². The van der Waals surface area contributed by atoms with Gasteiger partial charge in [-0.25, -0.2) is 18.1 Å². The zero-order valence-electron chi connectivity index (χ0n) is 11.2. The average Bonchev–Trinajstić information content (AvgIpc) is 3.09. The molecule has 0 saturated carbocycles. The van der Waals surface area contributed by atoms with E-state index in [0.29, 0.717) is 12.3 Å². The second-order valence-corrected chi connectivity index (χ2v) is 6.08. The van der Waals surface area contributed by atoms with Crippen molar-refractivity contribution in [3.8, 4) is 0 Å². The van der Waals surface area contributed by atoms with E-state index in [1.807, 2.05) is 10.8 Å². The van der Waals surface area contributed by atoms with Gasteiger partial charge < -0.3 is 14.3 Å². The Labute approximate surface area is 118 Å². The van der Waals surface area contributed by atoms with Crippen LogP contribution in [0.1, 0.15) is 12.2 Å². The van der Waals surface area contributed by atoms with Gasteiger partial charge in [0, 0.05) is 18.9 Å². The van der Waals surface area contributed by atoms with E-state index < -0.39 is 10.0 Å². The topological polar surface area (TPSA) is 89.2 Å². The number of imidazole rings is 1. The first-order chi connectivity index (χ1) is 9.62. The van der Waals surface area contributed by atoms with Crippen LogP contribution >= 0.6 is 0 Å². The fourth-order valence-corrected chi connectivity index (χ4v) is 2.38. The zero-order chi connectivity index (χ0) is 14.4. The summed E-state index contributed by atoms with van der Waals surface area (Å²) in [5.74, 6) is 0.599. The van der Waals surface area contributed by atoms with E-state index in [2.05, 4.69) is 15.0 Å². The number of hydrogen-bond acceptors (Lipinski definition) is 5. The monoisotopic (exact) mass is 298 g/mol. The van der Waals surface area contributed by atoms with Crippen LogP contribution < -0.4 is 10.0 Å². The molecule has 0 unspecified atom stereocenters. The highest BCUT2D eigenvalue weighted by Crippen LogP contribution is 2.13. The molecule has 110 valence electrons. The molecule has 20 heavy (non-hydrogen) atoms. The Kier molecular flexibility index (Phi) is 4.94. The molecule has 0 aliphatic carbocycles. The number of sulfonamides is 1. The number of hydrogen-bond donors (Lipinski definition) is 2. The van der Waals surface area contributed by atoms with Crippen molar-refractivity contribution in [2.24, 2.45) is 0 Å². The molecule has 0 bridgehead atoms. The summed E-state index contributed by atoms with van der Waals surface area (Å²) in [5, 5.41) is 3.14. The van der Waals surface area contributed by atoms with E-state index >= 15 is 0 Å². The van der Waals surface area contributed by atoms with Crippen molar-refractivity contribution in [2.45, 2.75) is 24.6 Å². The molecule has 2 heterocycles. The predicted octanol–water partition coefficient (Wildman–Crippen LogP) is 0.564. The van der Waals surface area contributed by atoms with Crippen molar-refractivity contribution in [1.82, 2.24) is 19.6 Å². The highest BCUT2D eigenvalue weighted by molar-refractivity contribution is 7.89. The van der Waals surface area contributed by atoms with Gasteiger partial charge in [0.15, 0.2) is 0 Å². The standard InChI is InChI=1S/C12H18N4O3S/c1-13-20(17,18)12-4-3-11(19-12)9-14-5-2-7-16-8-6-15-10-16/h3-4,6,8,10,13-14H,2,5,7,9H2,1H3. The second kappa shape index (κ2) is 6.69. The summed E-state index contributed by atoms with van der Waals surface area (Å²) in [6, 6.07) is 3.11. The summed E-state index contributed by atoms with van der Waals surface area (Å²) in [5.41, 5.74) is 0. The first-order valence-electron chi connectivity index (χ1n) is 6.30. The van der Waals surface area contributed by atoms with Gasteiger partial charge in [-0.2, -0.15) is 0 Å². The van der Waals surface area contributed by atoms with Gasteiger partial charge in [-0.15, -0.1) is 0 Å². The van der Waals surface area contributed by atoms with E-state index in [1.165, 1.54) is 13.1 Å². The van der Waals surface area contributed by atoms with Crippen LogP contribution in [-0.2, 0) is 23.1 Å². The maximum absolute atomic E-state index is 11.5. The van der Waals surface area contributed by atoms with Crippen LogP contribution in [0.25, 0.3) is 0 Å². The molecule has 7 nitrogen and oxygen atoms in total. The van der Waals surface area contributed by atoms with Crippen LogP contribution in [0.4, 0.5) is 0 Å². The lowest BCUT2D eigenvalue weighted by Gasteiger charge is -2.03. The maximum Gasteiger partial charge on any atom is 0.273 e. The predicted molar refractivity (Wildman–Crippen MR) is 73.5 cm³/mol. The van der Waals surface area contributed by atoms with Crippen molar-refractivity contribution in [1.29, 1.82) is 0 Å². The van der Waals surface area contributed by atoms with Crippen LogP contribution in [-0.4, -0.2) is 31.6 Å². The molecule has 0 radical (unpaired) electrons. The molecule has 0 amide bonds. The number of nitrogens with one attached hydrogen (secondary N) is 2. The van der Waals surface area contributed by atoms with Gasteiger partial charge in [0.25, 0.3) is 10.0 Å². The average molecular weight is 298 g/mol. The number of aryl methyl sites for hydroxylation is 1. The Morgan fingerprint density at radius 3 is 2.95 bits per heavy atom. The fraction of sp³-hybridized carbons (Fsp3) is 0.417. The molecule has 2 aromatic rings. The number of nitrogens with zero attached hydrogens (tertiary/aromatic N) is 2. The quantitative estimate of drug-likeness (QED) is 0.695. The van der Waals surface area contributed by atoms with E-state index in [1.54, 1.807) is 18.6 Å². The zero-order valence-corrected chi connectivity index (χ0v) is 12.1. The van der Waals surface area contributed by atoms with Crippen molar-refractivity contribution in [2.75, 3.05) is 13.6 Å². The molecular formula is C12H18N4O3S. The highest BCUT2D eigenvalue weighted by Gasteiger charge is 2.15. The van der Waals surface area contributed by atoms with Gasteiger partial charge in [0.2, 0.25) is 5.09 Å². The minimum Gasteiger partial charge on any atom is -0.447 e. The van der Waals surface area contributed by atoms with Gasteiger partial charge in [-0.3, -0.25) is 0 Å². The number of furan rings is 1. The molecule has 2 rings (SSSR count). The Hall–Kier alpha value is -1.64. The van der Waals surface area contributed by atoms with Crippen LogP contribution in [0, 0.1) is 0 Å². The van der Waals surface area contributed by atoms with E-state index in [-0.39, 0.29) is 5.09 Å². The molecule has 0 atom stereocenters. The molecule has 0 aliphatic rings. The van der Waals surface area contributed by atoms with Crippen LogP contribution in [0.5, 0.6) is 0 Å². The molecule has 2 N–H and O–H groups in total. The molecule has 0 aliphatic heterocycles. The smallest absolute Gasteiger partial charge is 0.273 e. The summed E-state index contributed by atoms with van der Waals surface area (Å²) in [4.78, 5) is 3.97. The first kappa shape index (κ1) is 14.8. The first-order valence-corrected chi connectivity index (χ1v) is 7.79. The SMILES string of the molecule is CNS(=O)(=O)c1ccc(CNCCCn2ccnc2)o1. The minimum absolute atomic E-state index is 0.0600. The summed E-state index contributed by atoms with van der Waals surface area (Å²) >= 11 is 0. The third-order valence-corrected chi connectivity index (χ3v) is 4.09. The van der Waals surface area contributed by atoms with Gasteiger partial charge in [-0.05, 0) is 32.1 Å². The second-order valence-electron chi connectivity index (χ2n) is 4.26. The largest absolute Gasteiger partial charge is 0.447 e. The van der Waals surface area contributed by atoms with Crippen molar-refractivity contribution < 1.29 is 12.8 Å². The number of rotatable bonds is 8. The van der Waals surface area contributed by atoms with Gasteiger partial charge in [0.05, 0.1) is 12.9 Å². The van der Waals surface area contributed by atoms with E-state index in [4.69, 9.17) is 4.42 Å².